The third-order valence-corrected chi connectivity index (χ3v) is 3.46. The smallest absolute Gasteiger partial charge is 0.325 e. The van der Waals surface area contributed by atoms with Gasteiger partial charge >= 0.3 is 5.69 Å². The quantitative estimate of drug-likeness (QED) is 0.712. The second-order valence-corrected chi connectivity index (χ2v) is 5.14. The number of amides is 1. The molecule has 7 heteroatoms. The number of hydrogen-bond acceptors (Lipinski definition) is 4. The van der Waals surface area contributed by atoms with E-state index >= 15 is 0 Å². The van der Waals surface area contributed by atoms with Crippen molar-refractivity contribution in [3.8, 4) is 5.75 Å². The van der Waals surface area contributed by atoms with Gasteiger partial charge in [-0.15, -0.1) is 0 Å². The van der Waals surface area contributed by atoms with Gasteiger partial charge in [-0.2, -0.15) is 0 Å². The molecule has 0 saturated heterocycles. The lowest BCUT2D eigenvalue weighted by Gasteiger charge is -2.07. The third kappa shape index (κ3) is 4.57. The van der Waals surface area contributed by atoms with Crippen LogP contribution < -0.4 is 21.3 Å². The lowest BCUT2D eigenvalue weighted by molar-refractivity contribution is -0.120. The summed E-state index contributed by atoms with van der Waals surface area (Å²) in [5.74, 6) is 0.498. The van der Waals surface area contributed by atoms with Crippen molar-refractivity contribution in [3.63, 3.8) is 0 Å². The van der Waals surface area contributed by atoms with E-state index in [1.807, 2.05) is 24.3 Å². The zero-order chi connectivity index (χ0) is 16.8. The fraction of sp³-hybridized carbons (Fsp3) is 0.312. The Kier molecular flexibility index (Phi) is 5.35. The maximum Gasteiger partial charge on any atom is 0.325 e. The minimum absolute atomic E-state index is 0.0734. The first-order valence-electron chi connectivity index (χ1n) is 7.21. The summed E-state index contributed by atoms with van der Waals surface area (Å²) in [4.78, 5) is 39.3. The Labute approximate surface area is 132 Å². The highest BCUT2D eigenvalue weighted by atomic mass is 16.5. The number of aromatic amines is 2. The Hall–Kier alpha value is -2.83. The molecule has 1 amide bonds. The molecular formula is C16H19N3O4. The molecule has 2 aromatic rings. The fourth-order valence-electron chi connectivity index (χ4n) is 2.24. The Bertz CT molecular complexity index is 807. The molecule has 0 aliphatic rings. The average Bonchev–Trinajstić information content (AvgIpc) is 2.51. The number of ether oxygens (including phenoxy) is 1. The number of nitrogens with one attached hydrogen (secondary N) is 3. The van der Waals surface area contributed by atoms with Gasteiger partial charge in [0.2, 0.25) is 5.91 Å². The molecule has 7 nitrogen and oxygen atoms in total. The van der Waals surface area contributed by atoms with E-state index in [1.54, 1.807) is 14.0 Å². The molecule has 23 heavy (non-hydrogen) atoms. The summed E-state index contributed by atoms with van der Waals surface area (Å²) in [7, 11) is 1.60. The van der Waals surface area contributed by atoms with E-state index in [2.05, 4.69) is 15.3 Å². The van der Waals surface area contributed by atoms with E-state index in [9.17, 15) is 14.4 Å². The van der Waals surface area contributed by atoms with Gasteiger partial charge in [0.05, 0.1) is 13.5 Å². The van der Waals surface area contributed by atoms with E-state index in [4.69, 9.17) is 4.74 Å². The molecule has 3 N–H and O–H groups in total. The number of aryl methyl sites for hydroxylation is 1. The Balaban J connectivity index is 1.91. The van der Waals surface area contributed by atoms with Crippen molar-refractivity contribution >= 4 is 5.91 Å². The highest BCUT2D eigenvalue weighted by Crippen LogP contribution is 2.12. The highest BCUT2D eigenvalue weighted by Gasteiger charge is 2.10. The maximum atomic E-state index is 11.9. The molecule has 0 aliphatic heterocycles. The molecule has 0 unspecified atom stereocenters. The van der Waals surface area contributed by atoms with Crippen LogP contribution in [0.4, 0.5) is 0 Å². The molecule has 0 radical (unpaired) electrons. The molecule has 1 heterocycles. The van der Waals surface area contributed by atoms with Crippen LogP contribution in [-0.2, 0) is 17.6 Å². The minimum Gasteiger partial charge on any atom is -0.497 e. The van der Waals surface area contributed by atoms with Crippen molar-refractivity contribution in [2.75, 3.05) is 13.7 Å². The fourth-order valence-corrected chi connectivity index (χ4v) is 2.24. The van der Waals surface area contributed by atoms with Crippen LogP contribution in [0, 0.1) is 6.92 Å². The van der Waals surface area contributed by atoms with Crippen molar-refractivity contribution in [3.05, 3.63) is 61.9 Å². The number of carbonyl (C=O) groups excluding carboxylic acids is 1. The second-order valence-electron chi connectivity index (χ2n) is 5.14. The molecule has 1 aromatic carbocycles. The van der Waals surface area contributed by atoms with Crippen LogP contribution in [-0.4, -0.2) is 29.5 Å². The van der Waals surface area contributed by atoms with Gasteiger partial charge in [-0.05, 0) is 31.0 Å². The van der Waals surface area contributed by atoms with Crippen LogP contribution in [0.5, 0.6) is 5.75 Å². The lowest BCUT2D eigenvalue weighted by Crippen LogP contribution is -2.33. The van der Waals surface area contributed by atoms with E-state index < -0.39 is 11.2 Å². The van der Waals surface area contributed by atoms with Gasteiger partial charge in [-0.3, -0.25) is 14.6 Å². The largest absolute Gasteiger partial charge is 0.497 e. The normalized spacial score (nSPS) is 10.3. The van der Waals surface area contributed by atoms with Gasteiger partial charge in [-0.25, -0.2) is 4.79 Å². The Morgan fingerprint density at radius 3 is 2.74 bits per heavy atom. The van der Waals surface area contributed by atoms with E-state index in [0.717, 1.165) is 11.3 Å². The number of rotatable bonds is 6. The predicted molar refractivity (Wildman–Crippen MR) is 85.8 cm³/mol. The van der Waals surface area contributed by atoms with Gasteiger partial charge < -0.3 is 15.0 Å². The number of benzene rings is 1. The monoisotopic (exact) mass is 317 g/mol. The van der Waals surface area contributed by atoms with Gasteiger partial charge in [0.25, 0.3) is 5.56 Å². The number of H-pyrrole nitrogens is 2. The second kappa shape index (κ2) is 7.44. The number of methoxy groups -OCH3 is 1. The van der Waals surface area contributed by atoms with E-state index in [-0.39, 0.29) is 17.9 Å². The van der Waals surface area contributed by atoms with Crippen LogP contribution in [0.3, 0.4) is 0 Å². The van der Waals surface area contributed by atoms with Crippen molar-refractivity contribution in [2.45, 2.75) is 19.8 Å². The van der Waals surface area contributed by atoms with Gasteiger partial charge in [0.1, 0.15) is 5.75 Å². The maximum absolute atomic E-state index is 11.9. The van der Waals surface area contributed by atoms with Crippen molar-refractivity contribution in [1.82, 2.24) is 15.3 Å². The van der Waals surface area contributed by atoms with Crippen molar-refractivity contribution in [1.29, 1.82) is 0 Å². The molecule has 1 aromatic heterocycles. The van der Waals surface area contributed by atoms with Crippen molar-refractivity contribution in [2.24, 2.45) is 0 Å². The first kappa shape index (κ1) is 16.5. The number of carbonyl (C=O) groups is 1. The van der Waals surface area contributed by atoms with E-state index in [0.29, 0.717) is 18.7 Å². The number of aromatic nitrogens is 2. The first-order valence-corrected chi connectivity index (χ1v) is 7.21. The molecule has 0 saturated carbocycles. The zero-order valence-corrected chi connectivity index (χ0v) is 13.1. The zero-order valence-electron chi connectivity index (χ0n) is 13.1. The summed E-state index contributed by atoms with van der Waals surface area (Å²) in [6.45, 7) is 2.04. The molecule has 0 aliphatic carbocycles. The summed E-state index contributed by atoms with van der Waals surface area (Å²) in [5.41, 5.74) is 0.608. The van der Waals surface area contributed by atoms with Gasteiger partial charge in [0, 0.05) is 17.8 Å². The molecule has 122 valence electrons. The highest BCUT2D eigenvalue weighted by molar-refractivity contribution is 5.78. The van der Waals surface area contributed by atoms with Crippen LogP contribution in [0.15, 0.2) is 33.9 Å². The lowest BCUT2D eigenvalue weighted by atomic mass is 10.1. The van der Waals surface area contributed by atoms with Crippen LogP contribution >= 0.6 is 0 Å². The van der Waals surface area contributed by atoms with Gasteiger partial charge in [-0.1, -0.05) is 12.1 Å². The molecule has 2 rings (SSSR count). The molecule has 0 atom stereocenters. The molecule has 0 spiro atoms. The summed E-state index contributed by atoms with van der Waals surface area (Å²) in [5, 5.41) is 2.76. The summed E-state index contributed by atoms with van der Waals surface area (Å²) in [6.07, 6.45) is 0.583. The molecular weight excluding hydrogens is 298 g/mol. The Morgan fingerprint density at radius 2 is 2.04 bits per heavy atom. The van der Waals surface area contributed by atoms with E-state index in [1.165, 1.54) is 0 Å². The third-order valence-electron chi connectivity index (χ3n) is 3.46. The summed E-state index contributed by atoms with van der Waals surface area (Å²) >= 11 is 0. The Morgan fingerprint density at radius 1 is 1.26 bits per heavy atom. The standard InChI is InChI=1S/C16H19N3O4/c1-10-13(15(21)19-16(22)18-10)9-14(20)17-7-6-11-4-3-5-12(8-11)23-2/h3-5,8H,6-7,9H2,1-2H3,(H,17,20)(H2,18,19,21,22). The van der Waals surface area contributed by atoms with Crippen LogP contribution in [0.25, 0.3) is 0 Å². The van der Waals surface area contributed by atoms with Crippen LogP contribution in [0.1, 0.15) is 16.8 Å². The predicted octanol–water partition coefficient (Wildman–Crippen LogP) is 0.282. The summed E-state index contributed by atoms with van der Waals surface area (Å²) < 4.78 is 5.14. The van der Waals surface area contributed by atoms with Crippen LogP contribution in [0.2, 0.25) is 0 Å². The number of hydrogen-bond donors (Lipinski definition) is 3. The SMILES string of the molecule is COc1cccc(CCNC(=O)Cc2c(C)[nH]c(=O)[nH]c2=O)c1. The van der Waals surface area contributed by atoms with Crippen molar-refractivity contribution < 1.29 is 9.53 Å². The van der Waals surface area contributed by atoms with Gasteiger partial charge in [0.15, 0.2) is 0 Å². The first-order chi connectivity index (χ1) is 11.0. The average molecular weight is 317 g/mol. The summed E-state index contributed by atoms with van der Waals surface area (Å²) in [6, 6.07) is 7.60. The minimum atomic E-state index is -0.574. The molecule has 0 bridgehead atoms. The topological polar surface area (TPSA) is 104 Å². The molecule has 0 fully saturated rings.